The molecule has 1 aromatic rings. The van der Waals surface area contributed by atoms with E-state index >= 15 is 0 Å². The van der Waals surface area contributed by atoms with Gasteiger partial charge in [0.1, 0.15) is 0 Å². The standard InChI is InChI=1S/C16H24N2O/c1-3-17-11-13(2)12-18-15-9-5-4-7-14(15)8-6-10-16(18)19/h4-5,7,9,13,17H,3,6,8,10-12H2,1-2H3. The molecule has 1 aromatic carbocycles. The predicted octanol–water partition coefficient (Wildman–Crippen LogP) is 2.60. The number of carbonyl (C=O) groups is 1. The second-order valence-electron chi connectivity index (χ2n) is 5.40. The van der Waals surface area contributed by atoms with Gasteiger partial charge in [0, 0.05) is 18.7 Å². The van der Waals surface area contributed by atoms with Gasteiger partial charge in [-0.2, -0.15) is 0 Å². The molecule has 1 amide bonds. The minimum absolute atomic E-state index is 0.272. The summed E-state index contributed by atoms with van der Waals surface area (Å²) in [5.74, 6) is 0.739. The average Bonchev–Trinajstić information content (AvgIpc) is 2.57. The van der Waals surface area contributed by atoms with E-state index in [1.54, 1.807) is 0 Å². The average molecular weight is 260 g/mol. The molecule has 0 bridgehead atoms. The van der Waals surface area contributed by atoms with Gasteiger partial charge in [0.2, 0.25) is 5.91 Å². The van der Waals surface area contributed by atoms with E-state index in [1.807, 2.05) is 11.0 Å². The quantitative estimate of drug-likeness (QED) is 0.882. The lowest BCUT2D eigenvalue weighted by Gasteiger charge is -2.26. The number of rotatable bonds is 5. The molecule has 3 heteroatoms. The summed E-state index contributed by atoms with van der Waals surface area (Å²) in [7, 11) is 0. The summed E-state index contributed by atoms with van der Waals surface area (Å²) >= 11 is 0. The number of nitrogens with one attached hydrogen (secondary N) is 1. The molecule has 104 valence electrons. The SMILES string of the molecule is CCNCC(C)CN1C(=O)CCCc2ccccc21. The van der Waals surface area contributed by atoms with Crippen molar-refractivity contribution in [2.45, 2.75) is 33.1 Å². The van der Waals surface area contributed by atoms with Crippen LogP contribution < -0.4 is 10.2 Å². The number of nitrogens with zero attached hydrogens (tertiary/aromatic N) is 1. The van der Waals surface area contributed by atoms with Crippen molar-refractivity contribution in [1.29, 1.82) is 0 Å². The molecule has 0 saturated carbocycles. The lowest BCUT2D eigenvalue weighted by molar-refractivity contribution is -0.118. The van der Waals surface area contributed by atoms with Crippen LogP contribution in [-0.4, -0.2) is 25.5 Å². The smallest absolute Gasteiger partial charge is 0.227 e. The fourth-order valence-corrected chi connectivity index (χ4v) is 2.65. The molecule has 0 spiro atoms. The van der Waals surface area contributed by atoms with E-state index in [2.05, 4.69) is 37.4 Å². The van der Waals surface area contributed by atoms with Gasteiger partial charge in [-0.1, -0.05) is 32.0 Å². The zero-order valence-corrected chi connectivity index (χ0v) is 12.0. The fraction of sp³-hybridized carbons (Fsp3) is 0.562. The Morgan fingerprint density at radius 1 is 1.32 bits per heavy atom. The molecule has 0 fully saturated rings. The van der Waals surface area contributed by atoms with E-state index in [1.165, 1.54) is 5.56 Å². The fourth-order valence-electron chi connectivity index (χ4n) is 2.65. The van der Waals surface area contributed by atoms with Crippen molar-refractivity contribution in [2.24, 2.45) is 5.92 Å². The molecule has 1 unspecified atom stereocenters. The molecule has 2 rings (SSSR count). The molecule has 0 radical (unpaired) electrons. The van der Waals surface area contributed by atoms with E-state index in [0.29, 0.717) is 12.3 Å². The van der Waals surface area contributed by atoms with Crippen LogP contribution in [0, 0.1) is 5.92 Å². The molecular weight excluding hydrogens is 236 g/mol. The summed E-state index contributed by atoms with van der Waals surface area (Å²) in [5, 5.41) is 3.35. The van der Waals surface area contributed by atoms with Crippen molar-refractivity contribution in [2.75, 3.05) is 24.5 Å². The van der Waals surface area contributed by atoms with Gasteiger partial charge in [0.25, 0.3) is 0 Å². The Morgan fingerprint density at radius 2 is 2.11 bits per heavy atom. The lowest BCUT2D eigenvalue weighted by atomic mass is 10.1. The van der Waals surface area contributed by atoms with E-state index in [-0.39, 0.29) is 5.91 Å². The first-order valence-electron chi connectivity index (χ1n) is 7.31. The maximum atomic E-state index is 12.3. The highest BCUT2D eigenvalue weighted by molar-refractivity contribution is 5.94. The highest BCUT2D eigenvalue weighted by Gasteiger charge is 2.23. The molecule has 1 heterocycles. The number of para-hydroxylation sites is 1. The third-order valence-electron chi connectivity index (χ3n) is 3.66. The van der Waals surface area contributed by atoms with Gasteiger partial charge in [-0.25, -0.2) is 0 Å². The van der Waals surface area contributed by atoms with Crippen LogP contribution in [0.5, 0.6) is 0 Å². The van der Waals surface area contributed by atoms with Crippen molar-refractivity contribution in [1.82, 2.24) is 5.32 Å². The summed E-state index contributed by atoms with van der Waals surface area (Å²) in [6, 6.07) is 8.32. The number of fused-ring (bicyclic) bond motifs is 1. The zero-order valence-electron chi connectivity index (χ0n) is 12.0. The first-order valence-corrected chi connectivity index (χ1v) is 7.31. The molecular formula is C16H24N2O. The lowest BCUT2D eigenvalue weighted by Crippen LogP contribution is -2.37. The summed E-state index contributed by atoms with van der Waals surface area (Å²) in [5.41, 5.74) is 2.43. The van der Waals surface area contributed by atoms with Gasteiger partial charge < -0.3 is 10.2 Å². The van der Waals surface area contributed by atoms with Crippen molar-refractivity contribution in [3.8, 4) is 0 Å². The molecule has 3 nitrogen and oxygen atoms in total. The minimum atomic E-state index is 0.272. The van der Waals surface area contributed by atoms with Crippen molar-refractivity contribution >= 4 is 11.6 Å². The molecule has 19 heavy (non-hydrogen) atoms. The first kappa shape index (κ1) is 14.1. The monoisotopic (exact) mass is 260 g/mol. The highest BCUT2D eigenvalue weighted by atomic mass is 16.2. The summed E-state index contributed by atoms with van der Waals surface area (Å²) < 4.78 is 0. The van der Waals surface area contributed by atoms with Crippen LogP contribution in [0.25, 0.3) is 0 Å². The van der Waals surface area contributed by atoms with Gasteiger partial charge in [0.05, 0.1) is 0 Å². The number of hydrogen-bond donors (Lipinski definition) is 1. The number of benzene rings is 1. The van der Waals surface area contributed by atoms with E-state index in [4.69, 9.17) is 0 Å². The van der Waals surface area contributed by atoms with Gasteiger partial charge in [-0.15, -0.1) is 0 Å². The van der Waals surface area contributed by atoms with E-state index < -0.39 is 0 Å². The summed E-state index contributed by atoms with van der Waals surface area (Å²) in [4.78, 5) is 14.3. The molecule has 1 atom stereocenters. The second kappa shape index (κ2) is 6.71. The normalized spacial score (nSPS) is 16.9. The van der Waals surface area contributed by atoms with Crippen molar-refractivity contribution in [3.05, 3.63) is 29.8 Å². The van der Waals surface area contributed by atoms with Gasteiger partial charge in [-0.3, -0.25) is 4.79 Å². The maximum absolute atomic E-state index is 12.3. The molecule has 1 aliphatic rings. The third kappa shape index (κ3) is 3.57. The topological polar surface area (TPSA) is 32.3 Å². The zero-order chi connectivity index (χ0) is 13.7. The van der Waals surface area contributed by atoms with Crippen LogP contribution in [-0.2, 0) is 11.2 Å². The van der Waals surface area contributed by atoms with Crippen LogP contribution >= 0.6 is 0 Å². The Balaban J connectivity index is 2.14. The van der Waals surface area contributed by atoms with Crippen LogP contribution in [0.15, 0.2) is 24.3 Å². The Hall–Kier alpha value is -1.35. The molecule has 1 N–H and O–H groups in total. The summed E-state index contributed by atoms with van der Waals surface area (Å²) in [6.45, 7) is 7.06. The molecule has 0 saturated heterocycles. The minimum Gasteiger partial charge on any atom is -0.317 e. The number of hydrogen-bond acceptors (Lipinski definition) is 2. The molecule has 1 aliphatic heterocycles. The van der Waals surface area contributed by atoms with E-state index in [0.717, 1.165) is 38.2 Å². The molecule has 0 aromatic heterocycles. The Bertz CT molecular complexity index is 431. The van der Waals surface area contributed by atoms with Gasteiger partial charge >= 0.3 is 0 Å². The van der Waals surface area contributed by atoms with Crippen LogP contribution in [0.4, 0.5) is 5.69 Å². The first-order chi connectivity index (χ1) is 9.22. The Labute approximate surface area is 116 Å². The predicted molar refractivity (Wildman–Crippen MR) is 79.4 cm³/mol. The van der Waals surface area contributed by atoms with Crippen LogP contribution in [0.1, 0.15) is 32.3 Å². The third-order valence-corrected chi connectivity index (χ3v) is 3.66. The van der Waals surface area contributed by atoms with Crippen molar-refractivity contribution < 1.29 is 4.79 Å². The van der Waals surface area contributed by atoms with Crippen LogP contribution in [0.2, 0.25) is 0 Å². The number of amides is 1. The number of aryl methyl sites for hydroxylation is 1. The number of carbonyl (C=O) groups excluding carboxylic acids is 1. The Morgan fingerprint density at radius 3 is 2.89 bits per heavy atom. The molecule has 0 aliphatic carbocycles. The second-order valence-corrected chi connectivity index (χ2v) is 5.40. The number of anilines is 1. The van der Waals surface area contributed by atoms with Gasteiger partial charge in [0.15, 0.2) is 0 Å². The maximum Gasteiger partial charge on any atom is 0.227 e. The summed E-state index contributed by atoms with van der Waals surface area (Å²) in [6.07, 6.45) is 2.65. The van der Waals surface area contributed by atoms with E-state index in [9.17, 15) is 4.79 Å². The van der Waals surface area contributed by atoms with Crippen molar-refractivity contribution in [3.63, 3.8) is 0 Å². The Kier molecular flexibility index (Phi) is 4.97. The largest absolute Gasteiger partial charge is 0.317 e. The highest BCUT2D eigenvalue weighted by Crippen LogP contribution is 2.27. The van der Waals surface area contributed by atoms with Gasteiger partial charge in [-0.05, 0) is 43.5 Å². The van der Waals surface area contributed by atoms with Crippen LogP contribution in [0.3, 0.4) is 0 Å².